The summed E-state index contributed by atoms with van der Waals surface area (Å²) in [5.41, 5.74) is 0.991. The minimum absolute atomic E-state index is 0.0700. The predicted molar refractivity (Wildman–Crippen MR) is 80.9 cm³/mol. The van der Waals surface area contributed by atoms with Crippen LogP contribution in [0.2, 0.25) is 0 Å². The average molecular weight is 279 g/mol. The van der Waals surface area contributed by atoms with Crippen molar-refractivity contribution < 1.29 is 9.18 Å². The molecule has 0 aromatic heterocycles. The molecule has 0 radical (unpaired) electrons. The third-order valence-corrected chi connectivity index (χ3v) is 3.80. The molecular weight excluding hydrogens is 253 g/mol. The lowest BCUT2D eigenvalue weighted by atomic mass is 9.85. The van der Waals surface area contributed by atoms with Gasteiger partial charge in [0.25, 0.3) is 0 Å². The maximum Gasteiger partial charge on any atom is 0.220 e. The lowest BCUT2D eigenvalue weighted by Crippen LogP contribution is -2.34. The number of halogens is 1. The van der Waals surface area contributed by atoms with Gasteiger partial charge >= 0.3 is 0 Å². The summed E-state index contributed by atoms with van der Waals surface area (Å²) >= 11 is 0. The van der Waals surface area contributed by atoms with Crippen molar-refractivity contribution in [2.24, 2.45) is 17.8 Å². The minimum atomic E-state index is -0.241. The highest BCUT2D eigenvalue weighted by Gasteiger charge is 2.17. The van der Waals surface area contributed by atoms with Crippen LogP contribution in [-0.2, 0) is 11.2 Å². The molecule has 0 saturated carbocycles. The Morgan fingerprint density at radius 2 is 1.65 bits per heavy atom. The van der Waals surface area contributed by atoms with E-state index in [1.54, 1.807) is 12.1 Å². The molecule has 0 atom stereocenters. The van der Waals surface area contributed by atoms with Gasteiger partial charge in [-0.15, -0.1) is 0 Å². The van der Waals surface area contributed by atoms with Crippen LogP contribution in [0.3, 0.4) is 0 Å². The molecule has 1 aromatic rings. The number of rotatable bonds is 7. The van der Waals surface area contributed by atoms with E-state index < -0.39 is 0 Å². The number of carbonyl (C=O) groups is 1. The molecule has 0 unspecified atom stereocenters. The lowest BCUT2D eigenvalue weighted by Gasteiger charge is -2.25. The summed E-state index contributed by atoms with van der Waals surface area (Å²) in [6.07, 6.45) is 1.11. The van der Waals surface area contributed by atoms with Crippen molar-refractivity contribution in [3.8, 4) is 0 Å². The molecule has 0 spiro atoms. The van der Waals surface area contributed by atoms with Crippen LogP contribution in [0.5, 0.6) is 0 Å². The maximum absolute atomic E-state index is 12.8. The molecule has 1 aromatic carbocycles. The number of amides is 1. The first kappa shape index (κ1) is 16.7. The number of nitrogens with one attached hydrogen (secondary N) is 1. The molecule has 1 rings (SSSR count). The number of carbonyl (C=O) groups excluding carboxylic acids is 1. The van der Waals surface area contributed by atoms with Gasteiger partial charge in [0.05, 0.1) is 0 Å². The van der Waals surface area contributed by atoms with Gasteiger partial charge in [-0.25, -0.2) is 4.39 Å². The van der Waals surface area contributed by atoms with Gasteiger partial charge in [-0.3, -0.25) is 4.79 Å². The first-order valence-corrected chi connectivity index (χ1v) is 7.41. The van der Waals surface area contributed by atoms with E-state index >= 15 is 0 Å². The molecule has 1 amide bonds. The van der Waals surface area contributed by atoms with Gasteiger partial charge in [-0.05, 0) is 41.9 Å². The minimum Gasteiger partial charge on any atom is -0.356 e. The van der Waals surface area contributed by atoms with E-state index in [-0.39, 0.29) is 11.7 Å². The largest absolute Gasteiger partial charge is 0.356 e. The Hall–Kier alpha value is -1.38. The Balaban J connectivity index is 2.35. The quantitative estimate of drug-likeness (QED) is 0.808. The molecule has 0 saturated heterocycles. The molecule has 2 nitrogen and oxygen atoms in total. The highest BCUT2D eigenvalue weighted by atomic mass is 19.1. The number of benzene rings is 1. The molecule has 0 bridgehead atoms. The number of aryl methyl sites for hydroxylation is 1. The molecule has 112 valence electrons. The van der Waals surface area contributed by atoms with E-state index in [2.05, 4.69) is 33.0 Å². The topological polar surface area (TPSA) is 29.1 Å². The van der Waals surface area contributed by atoms with Crippen molar-refractivity contribution in [3.63, 3.8) is 0 Å². The number of hydrogen-bond acceptors (Lipinski definition) is 1. The van der Waals surface area contributed by atoms with E-state index in [9.17, 15) is 9.18 Å². The monoisotopic (exact) mass is 279 g/mol. The second-order valence-corrected chi connectivity index (χ2v) is 6.08. The SMILES string of the molecule is CC(C)C(CNC(=O)CCc1ccc(F)cc1)C(C)C. The Labute approximate surface area is 121 Å². The van der Waals surface area contributed by atoms with Gasteiger partial charge in [-0.1, -0.05) is 39.8 Å². The van der Waals surface area contributed by atoms with Crippen molar-refractivity contribution in [1.82, 2.24) is 5.32 Å². The number of hydrogen-bond donors (Lipinski definition) is 1. The summed E-state index contributed by atoms with van der Waals surface area (Å²) in [5.74, 6) is 1.46. The van der Waals surface area contributed by atoms with Gasteiger partial charge in [0.2, 0.25) is 5.91 Å². The normalized spacial score (nSPS) is 11.4. The van der Waals surface area contributed by atoms with Crippen molar-refractivity contribution in [2.45, 2.75) is 40.5 Å². The summed E-state index contributed by atoms with van der Waals surface area (Å²) in [6, 6.07) is 6.32. The summed E-state index contributed by atoms with van der Waals surface area (Å²) in [4.78, 5) is 11.8. The van der Waals surface area contributed by atoms with Crippen LogP contribution >= 0.6 is 0 Å². The van der Waals surface area contributed by atoms with Crippen molar-refractivity contribution in [3.05, 3.63) is 35.6 Å². The summed E-state index contributed by atoms with van der Waals surface area (Å²) in [6.45, 7) is 9.49. The van der Waals surface area contributed by atoms with Gasteiger partial charge in [0.1, 0.15) is 5.82 Å². The summed E-state index contributed by atoms with van der Waals surface area (Å²) < 4.78 is 12.8. The smallest absolute Gasteiger partial charge is 0.220 e. The zero-order valence-corrected chi connectivity index (χ0v) is 12.9. The molecule has 0 aliphatic heterocycles. The van der Waals surface area contributed by atoms with Crippen molar-refractivity contribution >= 4 is 5.91 Å². The molecule has 0 aliphatic rings. The third-order valence-electron chi connectivity index (χ3n) is 3.80. The van der Waals surface area contributed by atoms with Crippen LogP contribution in [0.1, 0.15) is 39.7 Å². The van der Waals surface area contributed by atoms with Crippen LogP contribution < -0.4 is 5.32 Å². The van der Waals surface area contributed by atoms with Gasteiger partial charge < -0.3 is 5.32 Å². The average Bonchev–Trinajstić information content (AvgIpc) is 2.37. The van der Waals surface area contributed by atoms with Gasteiger partial charge in [0, 0.05) is 13.0 Å². The first-order chi connectivity index (χ1) is 9.40. The van der Waals surface area contributed by atoms with E-state index in [0.717, 1.165) is 12.1 Å². The third kappa shape index (κ3) is 5.72. The highest BCUT2D eigenvalue weighted by Crippen LogP contribution is 2.19. The second-order valence-electron chi connectivity index (χ2n) is 6.08. The van der Waals surface area contributed by atoms with Gasteiger partial charge in [-0.2, -0.15) is 0 Å². The fourth-order valence-corrected chi connectivity index (χ4v) is 2.47. The fraction of sp³-hybridized carbons (Fsp3) is 0.588. The van der Waals surface area contributed by atoms with E-state index in [1.807, 2.05) is 0 Å². The summed E-state index contributed by atoms with van der Waals surface area (Å²) in [7, 11) is 0. The molecule has 0 fully saturated rings. The Morgan fingerprint density at radius 1 is 1.10 bits per heavy atom. The molecular formula is C17H26FNO. The van der Waals surface area contributed by atoms with Gasteiger partial charge in [0.15, 0.2) is 0 Å². The van der Waals surface area contributed by atoms with Crippen molar-refractivity contribution in [2.75, 3.05) is 6.54 Å². The molecule has 0 heterocycles. The van der Waals surface area contributed by atoms with E-state index in [4.69, 9.17) is 0 Å². The Bertz CT molecular complexity index is 404. The molecule has 20 heavy (non-hydrogen) atoms. The molecule has 3 heteroatoms. The zero-order chi connectivity index (χ0) is 15.1. The lowest BCUT2D eigenvalue weighted by molar-refractivity contribution is -0.121. The standard InChI is InChI=1S/C17H26FNO/c1-12(2)16(13(3)4)11-19-17(20)10-7-14-5-8-15(18)9-6-14/h5-6,8-9,12-13,16H,7,10-11H2,1-4H3,(H,19,20). The Kier molecular flexibility index (Phi) is 6.69. The van der Waals surface area contributed by atoms with Crippen LogP contribution in [0.4, 0.5) is 4.39 Å². The highest BCUT2D eigenvalue weighted by molar-refractivity contribution is 5.76. The fourth-order valence-electron chi connectivity index (χ4n) is 2.47. The predicted octanol–water partition coefficient (Wildman–Crippen LogP) is 3.80. The Morgan fingerprint density at radius 3 is 2.15 bits per heavy atom. The van der Waals surface area contributed by atoms with Crippen molar-refractivity contribution in [1.29, 1.82) is 0 Å². The summed E-state index contributed by atoms with van der Waals surface area (Å²) in [5, 5.41) is 3.01. The second kappa shape index (κ2) is 8.03. The zero-order valence-electron chi connectivity index (χ0n) is 12.9. The molecule has 0 aliphatic carbocycles. The van der Waals surface area contributed by atoms with Crippen LogP contribution in [0.25, 0.3) is 0 Å². The van der Waals surface area contributed by atoms with E-state index in [0.29, 0.717) is 30.6 Å². The van der Waals surface area contributed by atoms with Crippen LogP contribution in [-0.4, -0.2) is 12.5 Å². The molecule has 1 N–H and O–H groups in total. The maximum atomic E-state index is 12.8. The first-order valence-electron chi connectivity index (χ1n) is 7.41. The van der Waals surface area contributed by atoms with Crippen LogP contribution in [0, 0.1) is 23.6 Å². The van der Waals surface area contributed by atoms with E-state index in [1.165, 1.54) is 12.1 Å². The van der Waals surface area contributed by atoms with Crippen LogP contribution in [0.15, 0.2) is 24.3 Å².